The number of ketones is 1. The quantitative estimate of drug-likeness (QED) is 0.300. The Labute approximate surface area is 215 Å². The molecule has 0 aliphatic rings. The smallest absolute Gasteiger partial charge is 0.289 e. The molecular weight excluding hydrogens is 450 g/mol. The molecule has 0 radical (unpaired) electrons. The fourth-order valence-electron chi connectivity index (χ4n) is 4.81. The fraction of sp³-hybridized carbons (Fsp3) is 0.484. The van der Waals surface area contributed by atoms with Crippen molar-refractivity contribution < 1.29 is 18.7 Å². The minimum absolute atomic E-state index is 0.0814. The molecule has 0 aliphatic heterocycles. The predicted octanol–water partition coefficient (Wildman–Crippen LogP) is 7.24. The minimum atomic E-state index is -0.381. The zero-order valence-corrected chi connectivity index (χ0v) is 23.4. The minimum Gasteiger partial charge on any atom is -0.486 e. The Hall–Kier alpha value is -3.08. The molecule has 0 atom stereocenters. The molecular formula is C31H41NO4. The van der Waals surface area contributed by atoms with Crippen molar-refractivity contribution in [1.82, 2.24) is 4.90 Å². The van der Waals surface area contributed by atoms with E-state index in [1.807, 2.05) is 46.8 Å². The van der Waals surface area contributed by atoms with Crippen LogP contribution in [0.2, 0.25) is 0 Å². The van der Waals surface area contributed by atoms with Gasteiger partial charge in [-0.25, -0.2) is 0 Å². The molecule has 0 saturated heterocycles. The number of carbonyl (C=O) groups is 2. The van der Waals surface area contributed by atoms with Crippen molar-refractivity contribution in [2.75, 3.05) is 20.7 Å². The summed E-state index contributed by atoms with van der Waals surface area (Å²) in [6, 6.07) is 12.5. The Morgan fingerprint density at radius 1 is 0.889 bits per heavy atom. The number of hydrogen-bond donors (Lipinski definition) is 0. The molecule has 0 saturated carbocycles. The highest BCUT2D eigenvalue weighted by Gasteiger charge is 2.32. The zero-order valence-electron chi connectivity index (χ0n) is 23.4. The van der Waals surface area contributed by atoms with Gasteiger partial charge in [0.2, 0.25) is 0 Å². The number of fused-ring (bicyclic) bond motifs is 1. The number of aryl methyl sites for hydroxylation is 2. The van der Waals surface area contributed by atoms with E-state index in [-0.39, 0.29) is 29.1 Å². The first-order chi connectivity index (χ1) is 16.9. The number of nitrogens with zero attached hydrogens (tertiary/aromatic N) is 1. The van der Waals surface area contributed by atoms with Gasteiger partial charge in [-0.2, -0.15) is 0 Å². The van der Waals surface area contributed by atoms with Crippen molar-refractivity contribution in [2.45, 2.75) is 73.1 Å². The summed E-state index contributed by atoms with van der Waals surface area (Å²) in [6.45, 7) is 14.5. The third kappa shape index (κ3) is 5.07. The third-order valence-electron chi connectivity index (χ3n) is 7.90. The topological polar surface area (TPSA) is 59.8 Å². The monoisotopic (exact) mass is 491 g/mol. The average molecular weight is 492 g/mol. The number of ether oxygens (including phenoxy) is 1. The third-order valence-corrected chi connectivity index (χ3v) is 7.90. The van der Waals surface area contributed by atoms with Gasteiger partial charge in [0, 0.05) is 30.3 Å². The molecule has 3 aromatic rings. The summed E-state index contributed by atoms with van der Waals surface area (Å²) in [5, 5.41) is 0.940. The van der Waals surface area contributed by atoms with E-state index >= 15 is 0 Å². The summed E-state index contributed by atoms with van der Waals surface area (Å²) in [5.74, 6) is 1.07. The number of Topliss-reactive ketones (excluding diaryl/α,β-unsaturated/α-hetero) is 1. The van der Waals surface area contributed by atoms with Gasteiger partial charge < -0.3 is 14.1 Å². The molecule has 36 heavy (non-hydrogen) atoms. The maximum absolute atomic E-state index is 12.5. The van der Waals surface area contributed by atoms with Crippen LogP contribution in [-0.2, 0) is 10.2 Å². The molecule has 0 bridgehead atoms. The molecule has 194 valence electrons. The van der Waals surface area contributed by atoms with Crippen molar-refractivity contribution in [2.24, 2.45) is 5.41 Å². The first kappa shape index (κ1) is 27.5. The van der Waals surface area contributed by atoms with Crippen molar-refractivity contribution >= 4 is 22.7 Å². The normalized spacial score (nSPS) is 12.1. The lowest BCUT2D eigenvalue weighted by molar-refractivity contribution is -0.129. The van der Waals surface area contributed by atoms with Crippen LogP contribution in [0.25, 0.3) is 11.0 Å². The van der Waals surface area contributed by atoms with Crippen LogP contribution >= 0.6 is 0 Å². The molecule has 0 N–H and O–H groups in total. The molecule has 0 unspecified atom stereocenters. The zero-order chi connectivity index (χ0) is 26.8. The number of hydrogen-bond acceptors (Lipinski definition) is 4. The van der Waals surface area contributed by atoms with Crippen LogP contribution in [0, 0.1) is 19.3 Å². The summed E-state index contributed by atoms with van der Waals surface area (Å²) in [4.78, 5) is 26.6. The number of rotatable bonds is 10. The standard InChI is InChI=1S/C31H41NO4/c1-10-30(6,7)27(33)19-35-25-14-13-23(15-20(25)4)31(11-2,12-3)24-16-21(5)28-22(17-24)18-26(36-28)29(34)32(8)9/h13-18H,10-12,19H2,1-9H3. The Morgan fingerprint density at radius 2 is 1.53 bits per heavy atom. The predicted molar refractivity (Wildman–Crippen MR) is 146 cm³/mol. The summed E-state index contributed by atoms with van der Waals surface area (Å²) >= 11 is 0. The van der Waals surface area contributed by atoms with E-state index in [0.29, 0.717) is 5.76 Å². The summed E-state index contributed by atoms with van der Waals surface area (Å²) < 4.78 is 11.9. The van der Waals surface area contributed by atoms with Crippen LogP contribution in [0.5, 0.6) is 5.75 Å². The van der Waals surface area contributed by atoms with Crippen LogP contribution in [0.3, 0.4) is 0 Å². The second kappa shape index (κ2) is 10.5. The largest absolute Gasteiger partial charge is 0.486 e. The highest BCUT2D eigenvalue weighted by molar-refractivity contribution is 5.96. The van der Waals surface area contributed by atoms with Gasteiger partial charge in [0.25, 0.3) is 5.91 Å². The van der Waals surface area contributed by atoms with Crippen LogP contribution < -0.4 is 4.74 Å². The van der Waals surface area contributed by atoms with Gasteiger partial charge in [-0.15, -0.1) is 0 Å². The molecule has 0 aliphatic carbocycles. The molecule has 5 nitrogen and oxygen atoms in total. The lowest BCUT2D eigenvalue weighted by Gasteiger charge is -2.34. The van der Waals surface area contributed by atoms with Gasteiger partial charge in [-0.05, 0) is 73.6 Å². The highest BCUT2D eigenvalue weighted by atomic mass is 16.5. The molecule has 1 amide bonds. The second-order valence-electron chi connectivity index (χ2n) is 10.7. The van der Waals surface area contributed by atoms with Gasteiger partial charge in [-0.3, -0.25) is 9.59 Å². The molecule has 1 aromatic heterocycles. The van der Waals surface area contributed by atoms with Crippen molar-refractivity contribution in [3.8, 4) is 5.75 Å². The van der Waals surface area contributed by atoms with E-state index in [4.69, 9.17) is 9.15 Å². The van der Waals surface area contributed by atoms with Crippen molar-refractivity contribution in [3.05, 3.63) is 64.4 Å². The summed E-state index contributed by atoms with van der Waals surface area (Å²) in [7, 11) is 3.45. The van der Waals surface area contributed by atoms with E-state index in [0.717, 1.165) is 47.1 Å². The molecule has 0 fully saturated rings. The van der Waals surface area contributed by atoms with Crippen LogP contribution in [0.15, 0.2) is 40.8 Å². The van der Waals surface area contributed by atoms with E-state index in [9.17, 15) is 9.59 Å². The Bertz CT molecular complexity index is 1260. The van der Waals surface area contributed by atoms with Gasteiger partial charge in [-0.1, -0.05) is 52.8 Å². The molecule has 1 heterocycles. The van der Waals surface area contributed by atoms with Crippen molar-refractivity contribution in [3.63, 3.8) is 0 Å². The highest BCUT2D eigenvalue weighted by Crippen LogP contribution is 2.42. The number of furan rings is 1. The SMILES string of the molecule is CCC(C)(C)C(=O)COc1ccc(C(CC)(CC)c2cc(C)c3oc(C(=O)N(C)C)cc3c2)cc1C. The van der Waals surface area contributed by atoms with Gasteiger partial charge in [0.05, 0.1) is 0 Å². The maximum atomic E-state index is 12.5. The van der Waals surface area contributed by atoms with Crippen LogP contribution in [0.4, 0.5) is 0 Å². The Kier molecular flexibility index (Phi) is 8.02. The van der Waals surface area contributed by atoms with Gasteiger partial charge in [0.15, 0.2) is 11.5 Å². The van der Waals surface area contributed by atoms with E-state index in [1.54, 1.807) is 14.1 Å². The molecule has 2 aromatic carbocycles. The maximum Gasteiger partial charge on any atom is 0.289 e. The average Bonchev–Trinajstić information content (AvgIpc) is 3.28. The lowest BCUT2D eigenvalue weighted by Crippen LogP contribution is -2.29. The van der Waals surface area contributed by atoms with Crippen molar-refractivity contribution in [1.29, 1.82) is 0 Å². The molecule has 0 spiro atoms. The van der Waals surface area contributed by atoms with Crippen LogP contribution in [-0.4, -0.2) is 37.3 Å². The summed E-state index contributed by atoms with van der Waals surface area (Å²) in [5.41, 5.74) is 4.62. The van der Waals surface area contributed by atoms with Gasteiger partial charge in [0.1, 0.15) is 17.9 Å². The number of benzene rings is 2. The number of amides is 1. The molecule has 3 rings (SSSR count). The van der Waals surface area contributed by atoms with E-state index < -0.39 is 0 Å². The van der Waals surface area contributed by atoms with E-state index in [1.165, 1.54) is 16.0 Å². The first-order valence-corrected chi connectivity index (χ1v) is 12.9. The lowest BCUT2D eigenvalue weighted by atomic mass is 9.70. The second-order valence-corrected chi connectivity index (χ2v) is 10.7. The first-order valence-electron chi connectivity index (χ1n) is 12.9. The van der Waals surface area contributed by atoms with E-state index in [2.05, 4.69) is 38.1 Å². The molecule has 5 heteroatoms. The van der Waals surface area contributed by atoms with Crippen LogP contribution in [0.1, 0.15) is 86.7 Å². The van der Waals surface area contributed by atoms with Gasteiger partial charge >= 0.3 is 0 Å². The Morgan fingerprint density at radius 3 is 2.08 bits per heavy atom. The fourth-order valence-corrected chi connectivity index (χ4v) is 4.81. The Balaban J connectivity index is 2.00. The summed E-state index contributed by atoms with van der Waals surface area (Å²) in [6.07, 6.45) is 2.62. The number of carbonyl (C=O) groups excluding carboxylic acids is 2.